The average Bonchev–Trinajstić information content (AvgIpc) is 2.40. The molecule has 0 fully saturated rings. The Labute approximate surface area is 118 Å². The number of hydrogen-bond acceptors (Lipinski definition) is 4. The number of para-hydroxylation sites is 2. The lowest BCUT2D eigenvalue weighted by molar-refractivity contribution is -0.119. The monoisotopic (exact) mass is 279 g/mol. The lowest BCUT2D eigenvalue weighted by Crippen LogP contribution is -2.35. The van der Waals surface area contributed by atoms with Crippen LogP contribution in [0.4, 0.5) is 5.69 Å². The Morgan fingerprint density at radius 2 is 2.05 bits per heavy atom. The fraction of sp³-hybridized carbons (Fsp3) is 0.429. The second-order valence-corrected chi connectivity index (χ2v) is 4.45. The molecule has 0 saturated carbocycles. The summed E-state index contributed by atoms with van der Waals surface area (Å²) in [7, 11) is 0. The molecular formula is C14H21N3O3. The van der Waals surface area contributed by atoms with Crippen molar-refractivity contribution in [3.63, 3.8) is 0 Å². The van der Waals surface area contributed by atoms with Crippen LogP contribution in [-0.2, 0) is 9.59 Å². The summed E-state index contributed by atoms with van der Waals surface area (Å²) in [6, 6.07) is 6.44. The minimum Gasteiger partial charge on any atom is -0.491 e. The van der Waals surface area contributed by atoms with Crippen molar-refractivity contribution < 1.29 is 14.3 Å². The molecular weight excluding hydrogens is 258 g/mol. The van der Waals surface area contributed by atoms with Gasteiger partial charge in [0.2, 0.25) is 11.8 Å². The van der Waals surface area contributed by atoms with E-state index in [4.69, 9.17) is 16.2 Å². The van der Waals surface area contributed by atoms with Crippen LogP contribution < -0.4 is 21.5 Å². The van der Waals surface area contributed by atoms with Crippen LogP contribution >= 0.6 is 0 Å². The third-order valence-electron chi connectivity index (χ3n) is 2.69. The first-order chi connectivity index (χ1) is 9.54. The topological polar surface area (TPSA) is 107 Å². The highest BCUT2D eigenvalue weighted by molar-refractivity contribution is 5.95. The van der Waals surface area contributed by atoms with E-state index in [1.165, 1.54) is 0 Å². The van der Waals surface area contributed by atoms with Crippen molar-refractivity contribution in [2.45, 2.75) is 32.2 Å². The molecule has 0 bridgehead atoms. The van der Waals surface area contributed by atoms with E-state index in [9.17, 15) is 9.59 Å². The predicted octanol–water partition coefficient (Wildman–Crippen LogP) is 1.01. The van der Waals surface area contributed by atoms with Crippen molar-refractivity contribution in [2.75, 3.05) is 11.9 Å². The van der Waals surface area contributed by atoms with Crippen LogP contribution in [0, 0.1) is 0 Å². The first-order valence-corrected chi connectivity index (χ1v) is 6.61. The number of amides is 2. The van der Waals surface area contributed by atoms with Crippen molar-refractivity contribution in [3.05, 3.63) is 24.3 Å². The number of carbonyl (C=O) groups is 2. The van der Waals surface area contributed by atoms with E-state index in [-0.39, 0.29) is 18.9 Å². The number of hydrogen-bond donors (Lipinski definition) is 3. The van der Waals surface area contributed by atoms with Crippen LogP contribution in [0.3, 0.4) is 0 Å². The number of nitrogens with one attached hydrogen (secondary N) is 1. The number of rotatable bonds is 8. The zero-order valence-electron chi connectivity index (χ0n) is 11.6. The van der Waals surface area contributed by atoms with Crippen LogP contribution in [0.5, 0.6) is 5.75 Å². The molecule has 1 aromatic carbocycles. The van der Waals surface area contributed by atoms with Crippen LogP contribution in [0.2, 0.25) is 0 Å². The summed E-state index contributed by atoms with van der Waals surface area (Å²) in [5, 5.41) is 2.73. The number of carbonyl (C=O) groups excluding carboxylic acids is 2. The van der Waals surface area contributed by atoms with Crippen LogP contribution in [0.1, 0.15) is 26.2 Å². The molecule has 110 valence electrons. The fourth-order valence-corrected chi connectivity index (χ4v) is 1.62. The van der Waals surface area contributed by atoms with Gasteiger partial charge < -0.3 is 21.5 Å². The quantitative estimate of drug-likeness (QED) is 0.660. The van der Waals surface area contributed by atoms with Gasteiger partial charge in [-0.05, 0) is 18.6 Å². The standard InChI is InChI=1S/C14H21N3O3/c1-2-5-10(15)14(19)17-11-6-3-4-7-12(11)20-9-8-13(16)18/h3-4,6-7,10H,2,5,8-9,15H2,1H3,(H2,16,18)(H,17,19)/t10-/m1/s1. The summed E-state index contributed by atoms with van der Waals surface area (Å²) in [5.41, 5.74) is 11.3. The second-order valence-electron chi connectivity index (χ2n) is 4.45. The van der Waals surface area contributed by atoms with Gasteiger partial charge in [-0.2, -0.15) is 0 Å². The summed E-state index contributed by atoms with van der Waals surface area (Å²) in [6.45, 7) is 2.14. The summed E-state index contributed by atoms with van der Waals surface area (Å²) < 4.78 is 5.43. The van der Waals surface area contributed by atoms with E-state index in [2.05, 4.69) is 5.32 Å². The van der Waals surface area contributed by atoms with Crippen LogP contribution in [-0.4, -0.2) is 24.5 Å². The first kappa shape index (κ1) is 16.0. The molecule has 1 atom stereocenters. The van der Waals surface area contributed by atoms with E-state index < -0.39 is 11.9 Å². The highest BCUT2D eigenvalue weighted by atomic mass is 16.5. The highest BCUT2D eigenvalue weighted by Gasteiger charge is 2.14. The van der Waals surface area contributed by atoms with Gasteiger partial charge in [-0.1, -0.05) is 25.5 Å². The van der Waals surface area contributed by atoms with Crippen molar-refractivity contribution in [1.82, 2.24) is 0 Å². The Hall–Kier alpha value is -2.08. The van der Waals surface area contributed by atoms with E-state index in [1.54, 1.807) is 24.3 Å². The summed E-state index contributed by atoms with van der Waals surface area (Å²) in [4.78, 5) is 22.5. The predicted molar refractivity (Wildman–Crippen MR) is 77.3 cm³/mol. The van der Waals surface area contributed by atoms with Gasteiger partial charge in [0.15, 0.2) is 0 Å². The van der Waals surface area contributed by atoms with Crippen molar-refractivity contribution in [1.29, 1.82) is 0 Å². The van der Waals surface area contributed by atoms with Gasteiger partial charge in [0, 0.05) is 0 Å². The van der Waals surface area contributed by atoms with Gasteiger partial charge in [0.05, 0.1) is 24.8 Å². The average molecular weight is 279 g/mol. The third-order valence-corrected chi connectivity index (χ3v) is 2.69. The molecule has 1 aromatic rings. The molecule has 0 radical (unpaired) electrons. The molecule has 0 unspecified atom stereocenters. The maximum absolute atomic E-state index is 11.9. The number of primary amides is 1. The fourth-order valence-electron chi connectivity index (χ4n) is 1.62. The molecule has 6 nitrogen and oxygen atoms in total. The van der Waals surface area contributed by atoms with E-state index in [0.717, 1.165) is 6.42 Å². The Kier molecular flexibility index (Phi) is 6.52. The first-order valence-electron chi connectivity index (χ1n) is 6.61. The molecule has 0 aliphatic heterocycles. The van der Waals surface area contributed by atoms with Crippen LogP contribution in [0.25, 0.3) is 0 Å². The normalized spacial score (nSPS) is 11.7. The molecule has 0 aliphatic rings. The third kappa shape index (κ3) is 5.27. The van der Waals surface area contributed by atoms with Crippen molar-refractivity contribution in [3.8, 4) is 5.75 Å². The molecule has 2 amide bonds. The molecule has 0 heterocycles. The second kappa shape index (κ2) is 8.16. The Morgan fingerprint density at radius 1 is 1.35 bits per heavy atom. The van der Waals surface area contributed by atoms with Gasteiger partial charge in [-0.25, -0.2) is 0 Å². The molecule has 0 aliphatic carbocycles. The molecule has 0 spiro atoms. The molecule has 5 N–H and O–H groups in total. The Morgan fingerprint density at radius 3 is 2.70 bits per heavy atom. The minimum atomic E-state index is -0.543. The lowest BCUT2D eigenvalue weighted by Gasteiger charge is -2.14. The van der Waals surface area contributed by atoms with Crippen molar-refractivity contribution in [2.24, 2.45) is 11.5 Å². The van der Waals surface area contributed by atoms with Gasteiger partial charge in [-0.15, -0.1) is 0 Å². The molecule has 1 rings (SSSR count). The largest absolute Gasteiger partial charge is 0.491 e. The minimum absolute atomic E-state index is 0.123. The zero-order chi connectivity index (χ0) is 15.0. The van der Waals surface area contributed by atoms with Gasteiger partial charge in [0.25, 0.3) is 0 Å². The number of benzene rings is 1. The maximum Gasteiger partial charge on any atom is 0.241 e. The number of ether oxygens (including phenoxy) is 1. The van der Waals surface area contributed by atoms with Crippen molar-refractivity contribution >= 4 is 17.5 Å². The summed E-state index contributed by atoms with van der Waals surface area (Å²) >= 11 is 0. The summed E-state index contributed by atoms with van der Waals surface area (Å²) in [6.07, 6.45) is 1.58. The molecule has 0 aromatic heterocycles. The number of anilines is 1. The van der Waals surface area contributed by atoms with E-state index >= 15 is 0 Å². The Balaban J connectivity index is 2.65. The maximum atomic E-state index is 11.9. The van der Waals surface area contributed by atoms with Crippen LogP contribution in [0.15, 0.2) is 24.3 Å². The van der Waals surface area contributed by atoms with Gasteiger partial charge in [-0.3, -0.25) is 9.59 Å². The number of nitrogens with two attached hydrogens (primary N) is 2. The Bertz CT molecular complexity index is 463. The zero-order valence-corrected chi connectivity index (χ0v) is 11.6. The van der Waals surface area contributed by atoms with E-state index in [0.29, 0.717) is 17.9 Å². The SMILES string of the molecule is CCC[C@@H](N)C(=O)Nc1ccccc1OCCC(N)=O. The molecule has 20 heavy (non-hydrogen) atoms. The van der Waals surface area contributed by atoms with Gasteiger partial charge in [0.1, 0.15) is 5.75 Å². The van der Waals surface area contributed by atoms with E-state index in [1.807, 2.05) is 6.92 Å². The van der Waals surface area contributed by atoms with Gasteiger partial charge >= 0.3 is 0 Å². The lowest BCUT2D eigenvalue weighted by atomic mass is 10.1. The summed E-state index contributed by atoms with van der Waals surface area (Å²) in [5.74, 6) is -0.194. The highest BCUT2D eigenvalue weighted by Crippen LogP contribution is 2.24. The smallest absolute Gasteiger partial charge is 0.241 e. The molecule has 6 heteroatoms. The molecule has 0 saturated heterocycles.